The zero-order valence-corrected chi connectivity index (χ0v) is 13.8. The number of esters is 1. The maximum atomic E-state index is 12.1. The van der Waals surface area contributed by atoms with Crippen molar-refractivity contribution < 1.29 is 18.7 Å². The molecule has 0 spiro atoms. The van der Waals surface area contributed by atoms with Gasteiger partial charge in [-0.2, -0.15) is 0 Å². The lowest BCUT2D eigenvalue weighted by atomic mass is 10.1. The van der Waals surface area contributed by atoms with E-state index in [1.54, 1.807) is 39.0 Å². The normalized spacial score (nSPS) is 11.8. The number of rotatable bonds is 5. The van der Waals surface area contributed by atoms with Crippen molar-refractivity contribution in [2.24, 2.45) is 0 Å². The van der Waals surface area contributed by atoms with Gasteiger partial charge in [0.05, 0.1) is 17.9 Å². The van der Waals surface area contributed by atoms with Crippen molar-refractivity contribution in [1.82, 2.24) is 10.3 Å². The summed E-state index contributed by atoms with van der Waals surface area (Å²) in [6.07, 6.45) is 1.52. The molecule has 2 heterocycles. The maximum Gasteiger partial charge on any atom is 0.342 e. The average Bonchev–Trinajstić information content (AvgIpc) is 2.98. The van der Waals surface area contributed by atoms with E-state index in [4.69, 9.17) is 20.8 Å². The highest BCUT2D eigenvalue weighted by Gasteiger charge is 2.19. The Kier molecular flexibility index (Phi) is 5.39. The lowest BCUT2D eigenvalue weighted by Crippen LogP contribution is -2.31. The first-order chi connectivity index (χ1) is 10.9. The number of hydrogen-bond donors (Lipinski definition) is 1. The first-order valence-corrected chi connectivity index (χ1v) is 7.40. The fourth-order valence-electron chi connectivity index (χ4n) is 2.13. The molecule has 1 atom stereocenters. The molecule has 0 bridgehead atoms. The van der Waals surface area contributed by atoms with Crippen LogP contribution in [-0.2, 0) is 9.53 Å². The minimum atomic E-state index is -0.680. The summed E-state index contributed by atoms with van der Waals surface area (Å²) in [6.45, 7) is 4.87. The van der Waals surface area contributed by atoms with E-state index in [1.165, 1.54) is 6.26 Å². The molecule has 2 rings (SSSR count). The van der Waals surface area contributed by atoms with Crippen LogP contribution in [0.5, 0.6) is 0 Å². The Bertz CT molecular complexity index is 690. The number of carbonyl (C=O) groups is 2. The van der Waals surface area contributed by atoms with E-state index >= 15 is 0 Å². The van der Waals surface area contributed by atoms with Gasteiger partial charge in [0.1, 0.15) is 10.9 Å². The number of ether oxygens (including phenoxy) is 1. The highest BCUT2D eigenvalue weighted by Crippen LogP contribution is 2.19. The standard InChI is InChI=1S/C16H17ClN2O4/c1-9-7-10(2)18-15(17)14(9)16(21)23-8-13(20)19-11(3)12-5-4-6-22-12/h4-7,11H,8H2,1-3H3,(H,19,20)/t11-/m1/s1. The second-order valence-corrected chi connectivity index (χ2v) is 5.49. The van der Waals surface area contributed by atoms with Gasteiger partial charge in [-0.15, -0.1) is 0 Å². The van der Waals surface area contributed by atoms with Gasteiger partial charge in [0.15, 0.2) is 6.61 Å². The van der Waals surface area contributed by atoms with Crippen LogP contribution in [0.3, 0.4) is 0 Å². The van der Waals surface area contributed by atoms with Crippen LogP contribution >= 0.6 is 11.6 Å². The van der Waals surface area contributed by atoms with Gasteiger partial charge in [-0.05, 0) is 44.5 Å². The summed E-state index contributed by atoms with van der Waals surface area (Å²) >= 11 is 5.97. The molecule has 2 aromatic rings. The molecule has 0 unspecified atom stereocenters. The number of carbonyl (C=O) groups excluding carboxylic acids is 2. The third kappa shape index (κ3) is 4.32. The van der Waals surface area contributed by atoms with Crippen LogP contribution in [-0.4, -0.2) is 23.5 Å². The number of amides is 1. The summed E-state index contributed by atoms with van der Waals surface area (Å²) in [4.78, 5) is 27.9. The fourth-order valence-corrected chi connectivity index (χ4v) is 2.49. The number of furan rings is 1. The van der Waals surface area contributed by atoms with Gasteiger partial charge in [-0.25, -0.2) is 9.78 Å². The van der Waals surface area contributed by atoms with E-state index < -0.39 is 18.5 Å². The Labute approximate surface area is 138 Å². The summed E-state index contributed by atoms with van der Waals surface area (Å²) in [7, 11) is 0. The van der Waals surface area contributed by atoms with Crippen molar-refractivity contribution in [2.75, 3.05) is 6.61 Å². The summed E-state index contributed by atoms with van der Waals surface area (Å²) in [5.41, 5.74) is 1.52. The largest absolute Gasteiger partial charge is 0.467 e. The Balaban J connectivity index is 1.93. The Morgan fingerprint density at radius 3 is 2.78 bits per heavy atom. The van der Waals surface area contributed by atoms with E-state index in [9.17, 15) is 9.59 Å². The molecule has 0 aliphatic carbocycles. The lowest BCUT2D eigenvalue weighted by Gasteiger charge is -2.12. The molecule has 0 radical (unpaired) electrons. The predicted octanol–water partition coefficient (Wildman–Crippen LogP) is 2.98. The summed E-state index contributed by atoms with van der Waals surface area (Å²) in [6, 6.07) is 4.88. The van der Waals surface area contributed by atoms with Crippen LogP contribution < -0.4 is 5.32 Å². The summed E-state index contributed by atoms with van der Waals surface area (Å²) < 4.78 is 10.2. The van der Waals surface area contributed by atoms with Gasteiger partial charge >= 0.3 is 5.97 Å². The van der Waals surface area contributed by atoms with Crippen LogP contribution in [0.15, 0.2) is 28.9 Å². The van der Waals surface area contributed by atoms with Crippen molar-refractivity contribution >= 4 is 23.5 Å². The second-order valence-electron chi connectivity index (χ2n) is 5.13. The lowest BCUT2D eigenvalue weighted by molar-refractivity contribution is -0.125. The van der Waals surface area contributed by atoms with E-state index in [-0.39, 0.29) is 16.8 Å². The molecular formula is C16H17ClN2O4. The minimum Gasteiger partial charge on any atom is -0.467 e. The van der Waals surface area contributed by atoms with E-state index in [0.29, 0.717) is 17.0 Å². The summed E-state index contributed by atoms with van der Waals surface area (Å²) in [5, 5.41) is 2.74. The zero-order chi connectivity index (χ0) is 17.0. The smallest absolute Gasteiger partial charge is 0.342 e. The van der Waals surface area contributed by atoms with Crippen LogP contribution in [0, 0.1) is 13.8 Å². The molecule has 0 aromatic carbocycles. The van der Waals surface area contributed by atoms with Crippen molar-refractivity contribution in [3.8, 4) is 0 Å². The fraction of sp³-hybridized carbons (Fsp3) is 0.312. The van der Waals surface area contributed by atoms with E-state index in [1.807, 2.05) is 0 Å². The molecule has 0 saturated carbocycles. The third-order valence-electron chi connectivity index (χ3n) is 3.19. The maximum absolute atomic E-state index is 12.1. The highest BCUT2D eigenvalue weighted by atomic mass is 35.5. The van der Waals surface area contributed by atoms with E-state index in [2.05, 4.69) is 10.3 Å². The molecule has 1 N–H and O–H groups in total. The molecule has 122 valence electrons. The number of hydrogen-bond acceptors (Lipinski definition) is 5. The molecule has 23 heavy (non-hydrogen) atoms. The van der Waals surface area contributed by atoms with Crippen LogP contribution in [0.2, 0.25) is 5.15 Å². The number of aromatic nitrogens is 1. The van der Waals surface area contributed by atoms with Crippen LogP contribution in [0.4, 0.5) is 0 Å². The van der Waals surface area contributed by atoms with Crippen molar-refractivity contribution in [3.63, 3.8) is 0 Å². The van der Waals surface area contributed by atoms with Crippen LogP contribution in [0.1, 0.15) is 40.3 Å². The van der Waals surface area contributed by atoms with Gasteiger partial charge in [0, 0.05) is 5.69 Å². The molecule has 6 nitrogen and oxygen atoms in total. The Morgan fingerprint density at radius 2 is 2.17 bits per heavy atom. The van der Waals surface area contributed by atoms with Crippen molar-refractivity contribution in [3.05, 3.63) is 52.2 Å². The van der Waals surface area contributed by atoms with Gasteiger partial charge in [-0.3, -0.25) is 4.79 Å². The first kappa shape index (κ1) is 17.0. The average molecular weight is 337 g/mol. The summed E-state index contributed by atoms with van der Waals surface area (Å²) in [5.74, 6) is -0.497. The minimum absolute atomic E-state index is 0.0665. The molecule has 0 aliphatic heterocycles. The van der Waals surface area contributed by atoms with Gasteiger partial charge < -0.3 is 14.5 Å². The van der Waals surface area contributed by atoms with Crippen LogP contribution in [0.25, 0.3) is 0 Å². The SMILES string of the molecule is Cc1cc(C)c(C(=O)OCC(=O)N[C@H](C)c2ccco2)c(Cl)n1. The quantitative estimate of drug-likeness (QED) is 0.670. The molecule has 2 aromatic heterocycles. The molecule has 0 aliphatic rings. The van der Waals surface area contributed by atoms with Gasteiger partial charge in [-0.1, -0.05) is 11.6 Å². The predicted molar refractivity (Wildman–Crippen MR) is 84.3 cm³/mol. The van der Waals surface area contributed by atoms with Crippen molar-refractivity contribution in [2.45, 2.75) is 26.8 Å². The zero-order valence-electron chi connectivity index (χ0n) is 13.1. The first-order valence-electron chi connectivity index (χ1n) is 7.02. The second kappa shape index (κ2) is 7.28. The number of halogens is 1. The number of aryl methyl sites for hydroxylation is 2. The van der Waals surface area contributed by atoms with Crippen molar-refractivity contribution in [1.29, 1.82) is 0 Å². The highest BCUT2D eigenvalue weighted by molar-refractivity contribution is 6.32. The Hall–Kier alpha value is -2.34. The molecule has 1 amide bonds. The molecule has 7 heteroatoms. The topological polar surface area (TPSA) is 81.4 Å². The molecule has 0 saturated heterocycles. The third-order valence-corrected chi connectivity index (χ3v) is 3.46. The number of nitrogens with one attached hydrogen (secondary N) is 1. The Morgan fingerprint density at radius 1 is 1.43 bits per heavy atom. The van der Waals surface area contributed by atoms with Gasteiger partial charge in [0.25, 0.3) is 5.91 Å². The molecule has 0 fully saturated rings. The molecular weight excluding hydrogens is 320 g/mol. The van der Waals surface area contributed by atoms with E-state index in [0.717, 1.165) is 0 Å². The number of nitrogens with zero attached hydrogens (tertiary/aromatic N) is 1. The number of pyridine rings is 1. The van der Waals surface area contributed by atoms with Gasteiger partial charge in [0.2, 0.25) is 0 Å². The monoisotopic (exact) mass is 336 g/mol.